The van der Waals surface area contributed by atoms with Crippen LogP contribution >= 0.6 is 11.6 Å². The van der Waals surface area contributed by atoms with Crippen molar-refractivity contribution in [1.82, 2.24) is 4.98 Å². The lowest BCUT2D eigenvalue weighted by Gasteiger charge is -2.26. The average molecular weight is 355 g/mol. The van der Waals surface area contributed by atoms with Crippen molar-refractivity contribution in [2.75, 3.05) is 11.9 Å². The molecule has 0 fully saturated rings. The Balaban J connectivity index is 2.26. The molecular formula is C20H19ClN2O2. The molecule has 5 heteroatoms. The number of carbonyl (C=O) groups is 1. The van der Waals surface area contributed by atoms with Gasteiger partial charge in [0.2, 0.25) is 0 Å². The Morgan fingerprint density at radius 3 is 2.40 bits per heavy atom. The molecule has 25 heavy (non-hydrogen) atoms. The maximum atomic E-state index is 11.2. The minimum Gasteiger partial charge on any atom is -0.478 e. The number of aromatic nitrogens is 1. The van der Waals surface area contributed by atoms with E-state index in [1.807, 2.05) is 37.4 Å². The van der Waals surface area contributed by atoms with Crippen molar-refractivity contribution in [3.8, 4) is 11.3 Å². The smallest absolute Gasteiger partial charge is 0.335 e. The number of hydrogen-bond acceptors (Lipinski definition) is 3. The number of aromatic carboxylic acids is 1. The highest BCUT2D eigenvalue weighted by Crippen LogP contribution is 2.33. The van der Waals surface area contributed by atoms with E-state index < -0.39 is 5.97 Å². The number of nitrogens with zero attached hydrogens (tertiary/aromatic N) is 2. The van der Waals surface area contributed by atoms with Gasteiger partial charge in [-0.15, -0.1) is 0 Å². The Kier molecular flexibility index (Phi) is 4.64. The van der Waals surface area contributed by atoms with Gasteiger partial charge < -0.3 is 10.0 Å². The predicted octanol–water partition coefficient (Wildman–Crippen LogP) is 5.10. The molecule has 1 aromatic heterocycles. The molecule has 0 saturated carbocycles. The van der Waals surface area contributed by atoms with Gasteiger partial charge in [-0.3, -0.25) is 0 Å². The summed E-state index contributed by atoms with van der Waals surface area (Å²) in [6.45, 7) is 4.20. The van der Waals surface area contributed by atoms with Crippen LogP contribution in [0.15, 0.2) is 48.5 Å². The van der Waals surface area contributed by atoms with E-state index in [0.717, 1.165) is 27.8 Å². The summed E-state index contributed by atoms with van der Waals surface area (Å²) in [6, 6.07) is 14.8. The van der Waals surface area contributed by atoms with Crippen molar-refractivity contribution < 1.29 is 9.90 Å². The summed E-state index contributed by atoms with van der Waals surface area (Å²) in [4.78, 5) is 18.2. The van der Waals surface area contributed by atoms with E-state index in [4.69, 9.17) is 16.6 Å². The molecule has 128 valence electrons. The van der Waals surface area contributed by atoms with Crippen LogP contribution < -0.4 is 4.90 Å². The van der Waals surface area contributed by atoms with Crippen molar-refractivity contribution >= 4 is 34.2 Å². The van der Waals surface area contributed by atoms with Crippen LogP contribution in [0, 0.1) is 0 Å². The predicted molar refractivity (Wildman–Crippen MR) is 103 cm³/mol. The largest absolute Gasteiger partial charge is 0.478 e. The van der Waals surface area contributed by atoms with Crippen molar-refractivity contribution in [1.29, 1.82) is 0 Å². The lowest BCUT2D eigenvalue weighted by molar-refractivity contribution is 0.0697. The summed E-state index contributed by atoms with van der Waals surface area (Å²) in [5.41, 5.74) is 3.79. The number of carboxylic acids is 1. The van der Waals surface area contributed by atoms with Crippen LogP contribution in [0.4, 0.5) is 5.69 Å². The van der Waals surface area contributed by atoms with Gasteiger partial charge in [-0.05, 0) is 50.2 Å². The first-order valence-corrected chi connectivity index (χ1v) is 8.41. The summed E-state index contributed by atoms with van der Waals surface area (Å²) in [5, 5.41) is 10.7. The molecule has 3 rings (SSSR count). The summed E-state index contributed by atoms with van der Waals surface area (Å²) < 4.78 is 0. The fraction of sp³-hybridized carbons (Fsp3) is 0.200. The highest BCUT2D eigenvalue weighted by molar-refractivity contribution is 6.30. The third kappa shape index (κ3) is 3.44. The number of rotatable bonds is 4. The summed E-state index contributed by atoms with van der Waals surface area (Å²) in [7, 11) is 2.01. The number of pyridine rings is 1. The number of hydrogen-bond donors (Lipinski definition) is 1. The zero-order valence-corrected chi connectivity index (χ0v) is 15.1. The van der Waals surface area contributed by atoms with Crippen molar-refractivity contribution in [3.05, 3.63) is 59.1 Å². The van der Waals surface area contributed by atoms with Gasteiger partial charge in [0.15, 0.2) is 0 Å². The molecule has 0 bridgehead atoms. The molecule has 0 atom stereocenters. The lowest BCUT2D eigenvalue weighted by Crippen LogP contribution is -2.26. The minimum atomic E-state index is -0.942. The number of benzene rings is 2. The van der Waals surface area contributed by atoms with E-state index in [0.29, 0.717) is 5.02 Å². The molecule has 1 heterocycles. The third-order valence-corrected chi connectivity index (χ3v) is 4.57. The number of fused-ring (bicyclic) bond motifs is 1. The molecule has 0 aliphatic carbocycles. The first-order chi connectivity index (χ1) is 11.9. The molecule has 0 radical (unpaired) electrons. The zero-order chi connectivity index (χ0) is 18.1. The number of anilines is 1. The van der Waals surface area contributed by atoms with E-state index in [2.05, 4.69) is 18.7 Å². The summed E-state index contributed by atoms with van der Waals surface area (Å²) in [6.07, 6.45) is 0. The molecule has 0 spiro atoms. The van der Waals surface area contributed by atoms with E-state index in [-0.39, 0.29) is 11.6 Å². The molecule has 0 aliphatic heterocycles. The minimum absolute atomic E-state index is 0.256. The molecule has 1 N–H and O–H groups in total. The van der Waals surface area contributed by atoms with Gasteiger partial charge in [0.25, 0.3) is 0 Å². The molecule has 0 aliphatic rings. The first-order valence-electron chi connectivity index (χ1n) is 8.03. The maximum Gasteiger partial charge on any atom is 0.335 e. The lowest BCUT2D eigenvalue weighted by atomic mass is 10.0. The van der Waals surface area contributed by atoms with Gasteiger partial charge in [-0.1, -0.05) is 23.7 Å². The van der Waals surface area contributed by atoms with Gasteiger partial charge >= 0.3 is 5.97 Å². The quantitative estimate of drug-likeness (QED) is 0.708. The van der Waals surface area contributed by atoms with Crippen LogP contribution in [0.1, 0.15) is 24.2 Å². The van der Waals surface area contributed by atoms with Gasteiger partial charge in [0, 0.05) is 29.1 Å². The average Bonchev–Trinajstić information content (AvgIpc) is 2.60. The normalized spacial score (nSPS) is 11.1. The first kappa shape index (κ1) is 17.2. The van der Waals surface area contributed by atoms with Crippen LogP contribution in [0.25, 0.3) is 22.2 Å². The number of carboxylic acid groups (broad SMARTS) is 1. The Labute approximate surface area is 151 Å². The van der Waals surface area contributed by atoms with Crippen LogP contribution in [-0.4, -0.2) is 29.1 Å². The maximum absolute atomic E-state index is 11.2. The van der Waals surface area contributed by atoms with Crippen LogP contribution in [0.2, 0.25) is 5.02 Å². The number of halogens is 1. The molecule has 0 saturated heterocycles. The fourth-order valence-electron chi connectivity index (χ4n) is 2.67. The zero-order valence-electron chi connectivity index (χ0n) is 14.3. The molecule has 2 aromatic carbocycles. The Bertz CT molecular complexity index is 936. The molecular weight excluding hydrogens is 336 g/mol. The second-order valence-electron chi connectivity index (χ2n) is 6.28. The second-order valence-corrected chi connectivity index (χ2v) is 6.72. The SMILES string of the molecule is CC(C)N(C)c1cc2cc(C(=O)O)ccc2nc1-c1ccc(Cl)cc1. The second kappa shape index (κ2) is 6.73. The molecule has 4 nitrogen and oxygen atoms in total. The van der Waals surface area contributed by atoms with Crippen molar-refractivity contribution in [3.63, 3.8) is 0 Å². The van der Waals surface area contributed by atoms with Crippen LogP contribution in [0.5, 0.6) is 0 Å². The van der Waals surface area contributed by atoms with Crippen LogP contribution in [0.3, 0.4) is 0 Å². The van der Waals surface area contributed by atoms with E-state index in [9.17, 15) is 9.90 Å². The van der Waals surface area contributed by atoms with E-state index in [1.54, 1.807) is 18.2 Å². The van der Waals surface area contributed by atoms with Gasteiger partial charge in [0.1, 0.15) is 0 Å². The summed E-state index contributed by atoms with van der Waals surface area (Å²) >= 11 is 6.01. The molecule has 0 unspecified atom stereocenters. The Morgan fingerprint density at radius 1 is 1.12 bits per heavy atom. The Hall–Kier alpha value is -2.59. The van der Waals surface area contributed by atoms with E-state index >= 15 is 0 Å². The standard InChI is InChI=1S/C20H19ClN2O2/c1-12(2)23(3)18-11-15-10-14(20(24)25)6-9-17(15)22-19(18)13-4-7-16(21)8-5-13/h4-12H,1-3H3,(H,24,25). The topological polar surface area (TPSA) is 53.4 Å². The molecule has 3 aromatic rings. The summed E-state index contributed by atoms with van der Waals surface area (Å²) in [5.74, 6) is -0.942. The highest BCUT2D eigenvalue weighted by Gasteiger charge is 2.16. The highest BCUT2D eigenvalue weighted by atomic mass is 35.5. The Morgan fingerprint density at radius 2 is 1.80 bits per heavy atom. The fourth-order valence-corrected chi connectivity index (χ4v) is 2.79. The monoisotopic (exact) mass is 354 g/mol. The van der Waals surface area contributed by atoms with Crippen molar-refractivity contribution in [2.45, 2.75) is 19.9 Å². The third-order valence-electron chi connectivity index (χ3n) is 4.31. The van der Waals surface area contributed by atoms with Gasteiger partial charge in [0.05, 0.1) is 22.5 Å². The van der Waals surface area contributed by atoms with Crippen LogP contribution in [-0.2, 0) is 0 Å². The van der Waals surface area contributed by atoms with Gasteiger partial charge in [-0.25, -0.2) is 9.78 Å². The van der Waals surface area contributed by atoms with Gasteiger partial charge in [-0.2, -0.15) is 0 Å². The van der Waals surface area contributed by atoms with Crippen molar-refractivity contribution in [2.24, 2.45) is 0 Å². The van der Waals surface area contributed by atoms with E-state index in [1.165, 1.54) is 0 Å². The molecule has 0 amide bonds.